The lowest BCUT2D eigenvalue weighted by Gasteiger charge is -2.21. The van der Waals surface area contributed by atoms with E-state index in [4.69, 9.17) is 0 Å². The van der Waals surface area contributed by atoms with Crippen molar-refractivity contribution in [1.29, 1.82) is 0 Å². The second-order valence-corrected chi connectivity index (χ2v) is 7.58. The van der Waals surface area contributed by atoms with Crippen LogP contribution in [0.15, 0.2) is 28.7 Å². The maximum atomic E-state index is 12.1. The zero-order valence-electron chi connectivity index (χ0n) is 12.9. The van der Waals surface area contributed by atoms with Gasteiger partial charge in [-0.15, -0.1) is 0 Å². The molecule has 1 spiro atoms. The van der Waals surface area contributed by atoms with Crippen LogP contribution in [-0.2, 0) is 0 Å². The Hall–Kier alpha value is -1.40. The van der Waals surface area contributed by atoms with Gasteiger partial charge in [0.1, 0.15) is 0 Å². The number of hydrogen-bond donors (Lipinski definition) is 2. The average Bonchev–Trinajstić information content (AvgIpc) is 3.16. The summed E-state index contributed by atoms with van der Waals surface area (Å²) < 4.78 is 0.950. The van der Waals surface area contributed by atoms with Crippen LogP contribution in [0.1, 0.15) is 36.0 Å². The van der Waals surface area contributed by atoms with Crippen molar-refractivity contribution in [2.75, 3.05) is 19.6 Å². The maximum Gasteiger partial charge on any atom is 0.407 e. The summed E-state index contributed by atoms with van der Waals surface area (Å²) in [4.78, 5) is 25.0. The summed E-state index contributed by atoms with van der Waals surface area (Å²) in [5, 5.41) is 12.5. The molecule has 23 heavy (non-hydrogen) atoms. The smallest absolute Gasteiger partial charge is 0.407 e. The SMILES string of the molecule is O=C(CNCCC1CC2(CC2)CN1C(=O)O)c1ccc(Br)cc1. The van der Waals surface area contributed by atoms with Crippen LogP contribution in [0, 0.1) is 5.41 Å². The number of benzene rings is 1. The number of rotatable bonds is 6. The molecular weight excluding hydrogens is 360 g/mol. The third kappa shape index (κ3) is 3.93. The highest BCUT2D eigenvalue weighted by molar-refractivity contribution is 9.10. The molecule has 1 heterocycles. The Morgan fingerprint density at radius 1 is 1.30 bits per heavy atom. The average molecular weight is 381 g/mol. The fourth-order valence-corrected chi connectivity index (χ4v) is 3.66. The summed E-state index contributed by atoms with van der Waals surface area (Å²) >= 11 is 3.35. The molecule has 1 saturated carbocycles. The topological polar surface area (TPSA) is 69.6 Å². The van der Waals surface area contributed by atoms with Crippen molar-refractivity contribution in [3.05, 3.63) is 34.3 Å². The fraction of sp³-hybridized carbons (Fsp3) is 0.529. The van der Waals surface area contributed by atoms with Crippen molar-refractivity contribution >= 4 is 27.8 Å². The molecule has 124 valence electrons. The van der Waals surface area contributed by atoms with Gasteiger partial charge in [-0.2, -0.15) is 0 Å². The standard InChI is InChI=1S/C17H21BrN2O3/c18-13-3-1-12(2-4-13)15(21)10-19-8-5-14-9-17(6-7-17)11-20(14)16(22)23/h1-4,14,19H,5-11H2,(H,22,23). The molecule has 5 nitrogen and oxygen atoms in total. The number of nitrogens with one attached hydrogen (secondary N) is 1. The summed E-state index contributed by atoms with van der Waals surface area (Å²) in [5.74, 6) is 0.0534. The van der Waals surface area contributed by atoms with E-state index in [-0.39, 0.29) is 23.8 Å². The molecule has 1 amide bonds. The van der Waals surface area contributed by atoms with Gasteiger partial charge < -0.3 is 15.3 Å². The molecule has 1 aromatic carbocycles. The number of carbonyl (C=O) groups is 2. The van der Waals surface area contributed by atoms with Crippen molar-refractivity contribution in [3.63, 3.8) is 0 Å². The van der Waals surface area contributed by atoms with Gasteiger partial charge in [0.2, 0.25) is 0 Å². The molecule has 2 N–H and O–H groups in total. The Kier molecular flexibility index (Phi) is 4.73. The summed E-state index contributed by atoms with van der Waals surface area (Å²) in [7, 11) is 0. The quantitative estimate of drug-likeness (QED) is 0.587. The number of likely N-dealkylation sites (tertiary alicyclic amines) is 1. The molecule has 6 heteroatoms. The summed E-state index contributed by atoms with van der Waals surface area (Å²) in [6, 6.07) is 7.39. The van der Waals surface area contributed by atoms with E-state index in [0.29, 0.717) is 18.7 Å². The highest BCUT2D eigenvalue weighted by Gasteiger charge is 2.52. The van der Waals surface area contributed by atoms with E-state index < -0.39 is 6.09 Å². The summed E-state index contributed by atoms with van der Waals surface area (Å²) in [6.07, 6.45) is 3.24. The summed E-state index contributed by atoms with van der Waals surface area (Å²) in [6.45, 7) is 1.63. The minimum atomic E-state index is -0.815. The molecule has 0 aromatic heterocycles. The largest absolute Gasteiger partial charge is 0.465 e. The van der Waals surface area contributed by atoms with Gasteiger partial charge in [0.25, 0.3) is 0 Å². The highest BCUT2D eigenvalue weighted by atomic mass is 79.9. The molecular formula is C17H21BrN2O3. The zero-order chi connectivity index (χ0) is 16.4. The number of carboxylic acid groups (broad SMARTS) is 1. The second-order valence-electron chi connectivity index (χ2n) is 6.66. The van der Waals surface area contributed by atoms with Crippen LogP contribution in [0.4, 0.5) is 4.79 Å². The van der Waals surface area contributed by atoms with E-state index in [2.05, 4.69) is 21.2 Å². The Morgan fingerprint density at radius 3 is 2.61 bits per heavy atom. The van der Waals surface area contributed by atoms with Gasteiger partial charge in [-0.25, -0.2) is 4.79 Å². The van der Waals surface area contributed by atoms with Crippen LogP contribution in [0.25, 0.3) is 0 Å². The van der Waals surface area contributed by atoms with Crippen molar-refractivity contribution in [2.45, 2.75) is 31.7 Å². The zero-order valence-corrected chi connectivity index (χ0v) is 14.5. The van der Waals surface area contributed by atoms with Gasteiger partial charge in [-0.1, -0.05) is 28.1 Å². The number of ketones is 1. The Morgan fingerprint density at radius 2 is 2.00 bits per heavy atom. The molecule has 3 rings (SSSR count). The molecule has 2 fully saturated rings. The molecule has 1 aliphatic heterocycles. The molecule has 1 unspecified atom stereocenters. The number of nitrogens with zero attached hydrogens (tertiary/aromatic N) is 1. The van der Waals surface area contributed by atoms with Crippen molar-refractivity contribution in [1.82, 2.24) is 10.2 Å². The second kappa shape index (κ2) is 6.61. The Balaban J connectivity index is 1.43. The number of Topliss-reactive ketones (excluding diaryl/α,β-unsaturated/α-hetero) is 1. The van der Waals surface area contributed by atoms with Crippen LogP contribution in [0.5, 0.6) is 0 Å². The van der Waals surface area contributed by atoms with Crippen LogP contribution in [0.3, 0.4) is 0 Å². The molecule has 1 atom stereocenters. The van der Waals surface area contributed by atoms with E-state index in [1.807, 2.05) is 12.1 Å². The minimum absolute atomic E-state index is 0.0534. The molecule has 1 saturated heterocycles. The van der Waals surface area contributed by atoms with E-state index in [1.165, 1.54) is 0 Å². The van der Waals surface area contributed by atoms with Gasteiger partial charge in [0, 0.05) is 22.6 Å². The van der Waals surface area contributed by atoms with Crippen LogP contribution in [-0.4, -0.2) is 47.6 Å². The lowest BCUT2D eigenvalue weighted by Crippen LogP contribution is -2.37. The van der Waals surface area contributed by atoms with Crippen molar-refractivity contribution in [3.8, 4) is 0 Å². The van der Waals surface area contributed by atoms with E-state index in [1.54, 1.807) is 17.0 Å². The molecule has 1 aliphatic carbocycles. The Labute approximate surface area is 144 Å². The van der Waals surface area contributed by atoms with Gasteiger partial charge in [-0.3, -0.25) is 4.79 Å². The number of halogens is 1. The third-order valence-electron chi connectivity index (χ3n) is 4.92. The fourth-order valence-electron chi connectivity index (χ4n) is 3.39. The maximum absolute atomic E-state index is 12.1. The van der Waals surface area contributed by atoms with Gasteiger partial charge in [0.15, 0.2) is 5.78 Å². The van der Waals surface area contributed by atoms with E-state index in [0.717, 1.165) is 30.2 Å². The number of hydrogen-bond acceptors (Lipinski definition) is 3. The van der Waals surface area contributed by atoms with Gasteiger partial charge in [-0.05, 0) is 49.8 Å². The Bertz CT molecular complexity index is 598. The predicted molar refractivity (Wildman–Crippen MR) is 90.8 cm³/mol. The molecule has 0 bridgehead atoms. The first-order valence-corrected chi connectivity index (χ1v) is 8.77. The first kappa shape index (κ1) is 16.5. The van der Waals surface area contributed by atoms with Crippen molar-refractivity contribution in [2.24, 2.45) is 5.41 Å². The predicted octanol–water partition coefficient (Wildman–Crippen LogP) is 3.14. The summed E-state index contributed by atoms with van der Waals surface area (Å²) in [5.41, 5.74) is 0.960. The molecule has 1 aromatic rings. The van der Waals surface area contributed by atoms with E-state index in [9.17, 15) is 14.7 Å². The number of amides is 1. The first-order valence-electron chi connectivity index (χ1n) is 7.98. The van der Waals surface area contributed by atoms with Crippen LogP contribution >= 0.6 is 15.9 Å². The first-order chi connectivity index (χ1) is 11.0. The third-order valence-corrected chi connectivity index (χ3v) is 5.45. The van der Waals surface area contributed by atoms with Crippen LogP contribution in [0.2, 0.25) is 0 Å². The lowest BCUT2D eigenvalue weighted by atomic mass is 10.0. The van der Waals surface area contributed by atoms with Crippen LogP contribution < -0.4 is 5.32 Å². The molecule has 0 radical (unpaired) electrons. The lowest BCUT2D eigenvalue weighted by molar-refractivity contribution is 0.0988. The molecule has 2 aliphatic rings. The minimum Gasteiger partial charge on any atom is -0.465 e. The monoisotopic (exact) mass is 380 g/mol. The number of carbonyl (C=O) groups excluding carboxylic acids is 1. The van der Waals surface area contributed by atoms with Gasteiger partial charge in [0.05, 0.1) is 6.54 Å². The van der Waals surface area contributed by atoms with E-state index >= 15 is 0 Å². The van der Waals surface area contributed by atoms with Crippen molar-refractivity contribution < 1.29 is 14.7 Å². The van der Waals surface area contributed by atoms with Gasteiger partial charge >= 0.3 is 6.09 Å². The highest BCUT2D eigenvalue weighted by Crippen LogP contribution is 2.55. The normalized spacial score (nSPS) is 21.6.